The third-order valence-corrected chi connectivity index (χ3v) is 3.24. The van der Waals surface area contributed by atoms with E-state index >= 15 is 0 Å². The zero-order chi connectivity index (χ0) is 11.5. The number of aryl methyl sites for hydroxylation is 1. The fourth-order valence-corrected chi connectivity index (χ4v) is 2.22. The van der Waals surface area contributed by atoms with Crippen LogP contribution in [-0.2, 0) is 6.42 Å². The number of nitrogens with one attached hydrogen (secondary N) is 1. The zero-order valence-electron chi connectivity index (χ0n) is 9.59. The highest BCUT2D eigenvalue weighted by atomic mass is 19.1. The molecule has 0 aliphatic carbocycles. The first kappa shape index (κ1) is 11.4. The van der Waals surface area contributed by atoms with Gasteiger partial charge in [-0.1, -0.05) is 6.42 Å². The Labute approximate surface area is 95.5 Å². The van der Waals surface area contributed by atoms with Gasteiger partial charge in [0.1, 0.15) is 11.6 Å². The van der Waals surface area contributed by atoms with E-state index in [4.69, 9.17) is 0 Å². The molecule has 1 unspecified atom stereocenters. The van der Waals surface area contributed by atoms with E-state index in [0.29, 0.717) is 23.6 Å². The minimum atomic E-state index is -0.206. The van der Waals surface area contributed by atoms with Gasteiger partial charge in [-0.05, 0) is 56.0 Å². The second kappa shape index (κ2) is 4.83. The van der Waals surface area contributed by atoms with Gasteiger partial charge in [0, 0.05) is 6.04 Å². The number of benzene rings is 1. The molecule has 0 radical (unpaired) electrons. The molecular weight excluding hydrogens is 205 g/mol. The van der Waals surface area contributed by atoms with E-state index in [-0.39, 0.29) is 11.6 Å². The van der Waals surface area contributed by atoms with E-state index in [2.05, 4.69) is 5.32 Å². The van der Waals surface area contributed by atoms with Crippen LogP contribution in [0.4, 0.5) is 4.39 Å². The van der Waals surface area contributed by atoms with Crippen LogP contribution in [0, 0.1) is 12.7 Å². The molecule has 1 heterocycles. The minimum Gasteiger partial charge on any atom is -0.508 e. The lowest BCUT2D eigenvalue weighted by atomic mass is 9.96. The van der Waals surface area contributed by atoms with Crippen molar-refractivity contribution in [2.45, 2.75) is 38.6 Å². The fourth-order valence-electron chi connectivity index (χ4n) is 2.22. The number of aromatic hydroxyl groups is 1. The molecule has 16 heavy (non-hydrogen) atoms. The van der Waals surface area contributed by atoms with E-state index in [1.165, 1.54) is 18.9 Å². The SMILES string of the molecule is Cc1cc(F)c(CC2CCCCN2)cc1O. The molecular formula is C13H18FNO. The van der Waals surface area contributed by atoms with Gasteiger partial charge in [-0.3, -0.25) is 0 Å². The Morgan fingerprint density at radius 2 is 2.25 bits per heavy atom. The Bertz CT molecular complexity index is 372. The fraction of sp³-hybridized carbons (Fsp3) is 0.538. The van der Waals surface area contributed by atoms with Gasteiger partial charge in [-0.25, -0.2) is 4.39 Å². The van der Waals surface area contributed by atoms with Crippen LogP contribution in [0.2, 0.25) is 0 Å². The quantitative estimate of drug-likeness (QED) is 0.807. The summed E-state index contributed by atoms with van der Waals surface area (Å²) in [6, 6.07) is 3.32. The summed E-state index contributed by atoms with van der Waals surface area (Å²) in [6.07, 6.45) is 4.17. The molecule has 3 heteroatoms. The van der Waals surface area contributed by atoms with Crippen molar-refractivity contribution in [2.24, 2.45) is 0 Å². The number of phenols is 1. The first-order valence-corrected chi connectivity index (χ1v) is 5.88. The molecule has 2 N–H and O–H groups in total. The standard InChI is InChI=1S/C13H18FNO/c1-9-6-12(14)10(8-13(9)16)7-11-4-2-3-5-15-11/h6,8,11,15-16H,2-5,7H2,1H3. The van der Waals surface area contributed by atoms with Crippen molar-refractivity contribution >= 4 is 0 Å². The first-order valence-electron chi connectivity index (χ1n) is 5.88. The molecule has 1 fully saturated rings. The maximum atomic E-state index is 13.6. The Kier molecular flexibility index (Phi) is 3.44. The molecule has 1 aromatic carbocycles. The number of rotatable bonds is 2. The van der Waals surface area contributed by atoms with Crippen LogP contribution >= 0.6 is 0 Å². The Morgan fingerprint density at radius 3 is 2.94 bits per heavy atom. The summed E-state index contributed by atoms with van der Waals surface area (Å²) in [4.78, 5) is 0. The summed E-state index contributed by atoms with van der Waals surface area (Å²) in [5, 5.41) is 12.9. The van der Waals surface area contributed by atoms with E-state index in [0.717, 1.165) is 13.0 Å². The number of hydrogen-bond donors (Lipinski definition) is 2. The highest BCUT2D eigenvalue weighted by Gasteiger charge is 2.16. The summed E-state index contributed by atoms with van der Waals surface area (Å²) in [6.45, 7) is 2.73. The lowest BCUT2D eigenvalue weighted by molar-refractivity contribution is 0.393. The van der Waals surface area contributed by atoms with Gasteiger partial charge in [-0.15, -0.1) is 0 Å². The summed E-state index contributed by atoms with van der Waals surface area (Å²) < 4.78 is 13.6. The summed E-state index contributed by atoms with van der Waals surface area (Å²) in [5.41, 5.74) is 1.21. The van der Waals surface area contributed by atoms with Crippen molar-refractivity contribution in [3.63, 3.8) is 0 Å². The number of hydrogen-bond acceptors (Lipinski definition) is 2. The van der Waals surface area contributed by atoms with Gasteiger partial charge in [-0.2, -0.15) is 0 Å². The van der Waals surface area contributed by atoms with E-state index in [1.807, 2.05) is 0 Å². The van der Waals surface area contributed by atoms with Crippen molar-refractivity contribution in [3.05, 3.63) is 29.1 Å². The highest BCUT2D eigenvalue weighted by Crippen LogP contribution is 2.23. The maximum absolute atomic E-state index is 13.6. The largest absolute Gasteiger partial charge is 0.508 e. The van der Waals surface area contributed by atoms with Gasteiger partial charge >= 0.3 is 0 Å². The van der Waals surface area contributed by atoms with Crippen LogP contribution in [0.15, 0.2) is 12.1 Å². The van der Waals surface area contributed by atoms with Crippen LogP contribution in [0.1, 0.15) is 30.4 Å². The summed E-state index contributed by atoms with van der Waals surface area (Å²) in [5.74, 6) is -0.0186. The van der Waals surface area contributed by atoms with Gasteiger partial charge in [0.15, 0.2) is 0 Å². The number of halogens is 1. The highest BCUT2D eigenvalue weighted by molar-refractivity contribution is 5.36. The van der Waals surface area contributed by atoms with Crippen molar-refractivity contribution < 1.29 is 9.50 Å². The molecule has 1 atom stereocenters. The zero-order valence-corrected chi connectivity index (χ0v) is 9.59. The number of phenolic OH excluding ortho intramolecular Hbond substituents is 1. The van der Waals surface area contributed by atoms with E-state index < -0.39 is 0 Å². The lowest BCUT2D eigenvalue weighted by Gasteiger charge is -2.23. The Balaban J connectivity index is 2.11. The molecule has 0 aromatic heterocycles. The predicted molar refractivity (Wildman–Crippen MR) is 62.1 cm³/mol. The number of piperidine rings is 1. The predicted octanol–water partition coefficient (Wildman–Crippen LogP) is 2.52. The molecule has 0 spiro atoms. The summed E-state index contributed by atoms with van der Waals surface area (Å²) >= 11 is 0. The van der Waals surface area contributed by atoms with Crippen molar-refractivity contribution in [2.75, 3.05) is 6.54 Å². The average molecular weight is 223 g/mol. The van der Waals surface area contributed by atoms with Crippen molar-refractivity contribution in [1.82, 2.24) is 5.32 Å². The van der Waals surface area contributed by atoms with Gasteiger partial charge in [0.05, 0.1) is 0 Å². The lowest BCUT2D eigenvalue weighted by Crippen LogP contribution is -2.35. The van der Waals surface area contributed by atoms with Gasteiger partial charge < -0.3 is 10.4 Å². The molecule has 2 nitrogen and oxygen atoms in total. The summed E-state index contributed by atoms with van der Waals surface area (Å²) in [7, 11) is 0. The van der Waals surface area contributed by atoms with E-state index in [9.17, 15) is 9.50 Å². The van der Waals surface area contributed by atoms with Crippen LogP contribution < -0.4 is 5.32 Å². The van der Waals surface area contributed by atoms with Crippen molar-refractivity contribution in [3.8, 4) is 5.75 Å². The molecule has 0 bridgehead atoms. The molecule has 2 rings (SSSR count). The van der Waals surface area contributed by atoms with Crippen LogP contribution in [0.25, 0.3) is 0 Å². The molecule has 0 amide bonds. The maximum Gasteiger partial charge on any atom is 0.126 e. The normalized spacial score (nSPS) is 21.0. The second-order valence-corrected chi connectivity index (χ2v) is 4.58. The van der Waals surface area contributed by atoms with Crippen LogP contribution in [0.5, 0.6) is 5.75 Å². The third kappa shape index (κ3) is 2.53. The molecule has 1 aromatic rings. The van der Waals surface area contributed by atoms with Crippen LogP contribution in [-0.4, -0.2) is 17.7 Å². The average Bonchev–Trinajstić information content (AvgIpc) is 2.27. The van der Waals surface area contributed by atoms with Gasteiger partial charge in [0.25, 0.3) is 0 Å². The van der Waals surface area contributed by atoms with Crippen molar-refractivity contribution in [1.29, 1.82) is 0 Å². The first-order chi connectivity index (χ1) is 7.66. The van der Waals surface area contributed by atoms with Crippen LogP contribution in [0.3, 0.4) is 0 Å². The molecule has 1 aliphatic rings. The smallest absolute Gasteiger partial charge is 0.126 e. The Morgan fingerprint density at radius 1 is 1.44 bits per heavy atom. The second-order valence-electron chi connectivity index (χ2n) is 4.58. The topological polar surface area (TPSA) is 32.3 Å². The van der Waals surface area contributed by atoms with Gasteiger partial charge in [0.2, 0.25) is 0 Å². The third-order valence-electron chi connectivity index (χ3n) is 3.24. The minimum absolute atomic E-state index is 0.187. The van der Waals surface area contributed by atoms with E-state index in [1.54, 1.807) is 13.0 Å². The molecule has 0 saturated carbocycles. The molecule has 88 valence electrons. The monoisotopic (exact) mass is 223 g/mol. The molecule has 1 saturated heterocycles. The Hall–Kier alpha value is -1.09. The molecule has 1 aliphatic heterocycles.